The lowest BCUT2D eigenvalue weighted by molar-refractivity contribution is -0.160. The molecule has 2 aliphatic rings. The first-order valence-electron chi connectivity index (χ1n) is 14.0. The molecule has 2 heterocycles. The van der Waals surface area contributed by atoms with Crippen LogP contribution in [0.4, 0.5) is 0 Å². The predicted octanol–water partition coefficient (Wildman–Crippen LogP) is 3.32. The van der Waals surface area contributed by atoms with Gasteiger partial charge in [-0.15, -0.1) is 0 Å². The standard InChI is InChI=1S/C29H41N5O4S/c1-33-20-30-19-23(33)12-15-31-28(39)32-25(18-21-8-10-24(38-2)11-9-21)26(35)34-16-13-29(14-17-34,27(36)37)22-6-4-3-5-7-22/h8-11,19-20,22,25H,3-7,12-18H2,1-2H3,(H,36,37)(H2,31,32,39)/t25-/m1/s1. The topological polar surface area (TPSA) is 109 Å². The number of amides is 1. The fourth-order valence-corrected chi connectivity index (χ4v) is 6.38. The molecule has 1 aliphatic carbocycles. The molecule has 4 rings (SSSR count). The number of hydrogen-bond acceptors (Lipinski definition) is 5. The van der Waals surface area contributed by atoms with Crippen LogP contribution < -0.4 is 15.4 Å². The summed E-state index contributed by atoms with van der Waals surface area (Å²) >= 11 is 5.58. The lowest BCUT2D eigenvalue weighted by atomic mass is 9.64. The van der Waals surface area contributed by atoms with Gasteiger partial charge in [0.2, 0.25) is 5.91 Å². The van der Waals surface area contributed by atoms with Gasteiger partial charge in [-0.05, 0) is 61.5 Å². The van der Waals surface area contributed by atoms with E-state index in [4.69, 9.17) is 17.0 Å². The van der Waals surface area contributed by atoms with Gasteiger partial charge in [-0.2, -0.15) is 0 Å². The van der Waals surface area contributed by atoms with Crippen molar-refractivity contribution in [2.75, 3.05) is 26.7 Å². The summed E-state index contributed by atoms with van der Waals surface area (Å²) < 4.78 is 7.24. The normalized spacial score (nSPS) is 18.3. The molecule has 0 spiro atoms. The highest BCUT2D eigenvalue weighted by molar-refractivity contribution is 7.80. The lowest BCUT2D eigenvalue weighted by Gasteiger charge is -2.45. The van der Waals surface area contributed by atoms with E-state index in [1.807, 2.05) is 47.0 Å². The summed E-state index contributed by atoms with van der Waals surface area (Å²) in [5.41, 5.74) is 1.35. The first kappa shape index (κ1) is 28.9. The van der Waals surface area contributed by atoms with Crippen LogP contribution in [0.25, 0.3) is 0 Å². The van der Waals surface area contributed by atoms with Crippen molar-refractivity contribution < 1.29 is 19.4 Å². The Labute approximate surface area is 236 Å². The van der Waals surface area contributed by atoms with E-state index in [9.17, 15) is 14.7 Å². The molecule has 0 bridgehead atoms. The molecule has 1 atom stereocenters. The maximum Gasteiger partial charge on any atom is 0.310 e. The molecule has 3 N–H and O–H groups in total. The summed E-state index contributed by atoms with van der Waals surface area (Å²) in [6.45, 7) is 1.51. The van der Waals surface area contributed by atoms with Crippen LogP contribution in [0.2, 0.25) is 0 Å². The molecule has 1 aromatic carbocycles. The highest BCUT2D eigenvalue weighted by Gasteiger charge is 2.48. The van der Waals surface area contributed by atoms with Crippen molar-refractivity contribution in [2.45, 2.75) is 63.8 Å². The second-order valence-electron chi connectivity index (χ2n) is 10.9. The number of aromatic nitrogens is 2. The van der Waals surface area contributed by atoms with Crippen LogP contribution in [0.15, 0.2) is 36.8 Å². The number of nitrogens with zero attached hydrogens (tertiary/aromatic N) is 3. The largest absolute Gasteiger partial charge is 0.497 e. The molecule has 9 nitrogen and oxygen atoms in total. The monoisotopic (exact) mass is 555 g/mol. The molecule has 10 heteroatoms. The van der Waals surface area contributed by atoms with Crippen LogP contribution in [0.3, 0.4) is 0 Å². The van der Waals surface area contributed by atoms with E-state index < -0.39 is 17.4 Å². The molecule has 0 radical (unpaired) electrons. The van der Waals surface area contributed by atoms with Crippen LogP contribution in [0.1, 0.15) is 56.2 Å². The minimum Gasteiger partial charge on any atom is -0.497 e. The number of thiocarbonyl (C=S) groups is 1. The van der Waals surface area contributed by atoms with Gasteiger partial charge >= 0.3 is 5.97 Å². The summed E-state index contributed by atoms with van der Waals surface area (Å²) in [4.78, 5) is 32.3. The van der Waals surface area contributed by atoms with Gasteiger partial charge in [0.05, 0.1) is 18.9 Å². The third kappa shape index (κ3) is 7.09. The number of benzene rings is 1. The molecule has 1 aliphatic heterocycles. The van der Waals surface area contributed by atoms with E-state index in [-0.39, 0.29) is 11.8 Å². The Morgan fingerprint density at radius 1 is 1.18 bits per heavy atom. The zero-order valence-electron chi connectivity index (χ0n) is 23.0. The number of carbonyl (C=O) groups excluding carboxylic acids is 1. The lowest BCUT2D eigenvalue weighted by Crippen LogP contribution is -2.56. The molecule has 0 unspecified atom stereocenters. The molecule has 39 heavy (non-hydrogen) atoms. The molecule has 1 saturated carbocycles. The second-order valence-corrected chi connectivity index (χ2v) is 11.3. The highest BCUT2D eigenvalue weighted by Crippen LogP contribution is 2.46. The number of carboxylic acid groups (broad SMARTS) is 1. The number of carboxylic acids is 1. The zero-order valence-corrected chi connectivity index (χ0v) is 23.8. The summed E-state index contributed by atoms with van der Waals surface area (Å²) in [5.74, 6) is 0.202. The molecular formula is C29H41N5O4S. The van der Waals surface area contributed by atoms with Gasteiger partial charge in [0.25, 0.3) is 0 Å². The number of aliphatic carboxylic acids is 1. The Morgan fingerprint density at radius 3 is 2.46 bits per heavy atom. The number of carbonyl (C=O) groups is 2. The van der Waals surface area contributed by atoms with Gasteiger partial charge in [0.1, 0.15) is 11.8 Å². The fraction of sp³-hybridized carbons (Fsp3) is 0.586. The van der Waals surface area contributed by atoms with Crippen LogP contribution in [-0.2, 0) is 29.5 Å². The van der Waals surface area contributed by atoms with Crippen LogP contribution >= 0.6 is 12.2 Å². The Kier molecular flexibility index (Phi) is 9.83. The molecule has 1 saturated heterocycles. The van der Waals surface area contributed by atoms with Gasteiger partial charge in [0, 0.05) is 51.4 Å². The van der Waals surface area contributed by atoms with Crippen LogP contribution in [0.5, 0.6) is 5.75 Å². The number of nitrogens with one attached hydrogen (secondary N) is 2. The second kappa shape index (κ2) is 13.3. The quantitative estimate of drug-likeness (QED) is 0.383. The van der Waals surface area contributed by atoms with Crippen molar-refractivity contribution in [3.8, 4) is 5.75 Å². The zero-order chi connectivity index (χ0) is 27.8. The Morgan fingerprint density at radius 2 is 1.87 bits per heavy atom. The van der Waals surface area contributed by atoms with E-state index in [0.717, 1.165) is 49.1 Å². The Balaban J connectivity index is 1.41. The summed E-state index contributed by atoms with van der Waals surface area (Å²) in [7, 11) is 3.58. The third-order valence-corrected chi connectivity index (χ3v) is 8.83. The fourth-order valence-electron chi connectivity index (χ4n) is 6.13. The average molecular weight is 556 g/mol. The summed E-state index contributed by atoms with van der Waals surface area (Å²) in [6.07, 6.45) is 11.1. The summed E-state index contributed by atoms with van der Waals surface area (Å²) in [6, 6.07) is 7.10. The smallest absolute Gasteiger partial charge is 0.310 e. The van der Waals surface area contributed by atoms with Gasteiger partial charge in [-0.1, -0.05) is 31.4 Å². The first-order valence-corrected chi connectivity index (χ1v) is 14.4. The van der Waals surface area contributed by atoms with Crippen molar-refractivity contribution >= 4 is 29.2 Å². The maximum atomic E-state index is 13.8. The molecule has 1 aromatic heterocycles. The van der Waals surface area contributed by atoms with Gasteiger partial charge in [0.15, 0.2) is 5.11 Å². The predicted molar refractivity (Wildman–Crippen MR) is 154 cm³/mol. The number of ether oxygens (including phenoxy) is 1. The van der Waals surface area contributed by atoms with Crippen LogP contribution in [-0.4, -0.2) is 69.3 Å². The average Bonchev–Trinajstić information content (AvgIpc) is 3.37. The van der Waals surface area contributed by atoms with E-state index in [1.165, 1.54) is 6.42 Å². The molecule has 212 valence electrons. The number of piperidine rings is 1. The number of rotatable bonds is 10. The molecule has 2 fully saturated rings. The van der Waals surface area contributed by atoms with Crippen molar-refractivity contribution in [3.05, 3.63) is 48.0 Å². The van der Waals surface area contributed by atoms with Crippen LogP contribution in [0, 0.1) is 11.3 Å². The first-order chi connectivity index (χ1) is 18.8. The van der Waals surface area contributed by atoms with E-state index in [2.05, 4.69) is 15.6 Å². The van der Waals surface area contributed by atoms with E-state index in [0.29, 0.717) is 44.0 Å². The van der Waals surface area contributed by atoms with E-state index in [1.54, 1.807) is 13.4 Å². The molecular weight excluding hydrogens is 514 g/mol. The minimum atomic E-state index is -0.723. The maximum absolute atomic E-state index is 13.8. The van der Waals surface area contributed by atoms with Gasteiger partial charge in [-0.3, -0.25) is 9.59 Å². The third-order valence-electron chi connectivity index (χ3n) is 8.57. The number of methoxy groups -OCH3 is 1. The molecule has 2 aromatic rings. The number of imidazole rings is 1. The summed E-state index contributed by atoms with van der Waals surface area (Å²) in [5, 5.41) is 17.1. The Bertz CT molecular complexity index is 1120. The minimum absolute atomic E-state index is 0.0516. The SMILES string of the molecule is COc1ccc(C[C@@H](NC(=S)NCCc2cncn2C)C(=O)N2CCC(C(=O)O)(C3CCCCC3)CC2)cc1. The highest BCUT2D eigenvalue weighted by atomic mass is 32.1. The number of aryl methyl sites for hydroxylation is 1. The number of hydrogen-bond donors (Lipinski definition) is 3. The van der Waals surface area contributed by atoms with Crippen molar-refractivity contribution in [3.63, 3.8) is 0 Å². The Hall–Kier alpha value is -3.14. The van der Waals surface area contributed by atoms with Crippen molar-refractivity contribution in [2.24, 2.45) is 18.4 Å². The van der Waals surface area contributed by atoms with Crippen molar-refractivity contribution in [1.29, 1.82) is 0 Å². The van der Waals surface area contributed by atoms with E-state index >= 15 is 0 Å². The molecule has 1 amide bonds. The van der Waals surface area contributed by atoms with Crippen molar-refractivity contribution in [1.82, 2.24) is 25.1 Å². The number of likely N-dealkylation sites (tertiary alicyclic amines) is 1. The van der Waals surface area contributed by atoms with Gasteiger partial charge < -0.3 is 29.9 Å². The van der Waals surface area contributed by atoms with Gasteiger partial charge in [-0.25, -0.2) is 4.98 Å².